The molecule has 1 saturated carbocycles. The van der Waals surface area contributed by atoms with Crippen LogP contribution in [-0.2, 0) is 9.59 Å². The Morgan fingerprint density at radius 2 is 1.82 bits per heavy atom. The number of nitrogens with one attached hydrogen (secondary N) is 1. The Kier molecular flexibility index (Phi) is 5.81. The minimum Gasteiger partial charge on any atom is -0.493 e. The Bertz CT molecular complexity index is 505. The summed E-state index contributed by atoms with van der Waals surface area (Å²) in [6, 6.07) is 7.28. The molecule has 0 atom stereocenters. The molecule has 1 N–H and O–H groups in total. The third-order valence-electron chi connectivity index (χ3n) is 3.91. The fourth-order valence-electron chi connectivity index (χ4n) is 2.53. The maximum atomic E-state index is 11.7. The predicted molar refractivity (Wildman–Crippen MR) is 85.8 cm³/mol. The SMILES string of the molecule is CN(C)C(=O)CC(=O)Nc1ccc(OCC2CCCC2)cc1. The van der Waals surface area contributed by atoms with Crippen LogP contribution in [0.2, 0.25) is 0 Å². The van der Waals surface area contributed by atoms with E-state index in [-0.39, 0.29) is 18.2 Å². The number of benzene rings is 1. The summed E-state index contributed by atoms with van der Waals surface area (Å²) in [6.07, 6.45) is 4.99. The molecule has 1 aromatic carbocycles. The van der Waals surface area contributed by atoms with Gasteiger partial charge in [-0.2, -0.15) is 0 Å². The normalized spacial score (nSPS) is 14.6. The van der Waals surface area contributed by atoms with Crippen LogP contribution >= 0.6 is 0 Å². The molecule has 1 aromatic rings. The molecule has 1 fully saturated rings. The molecule has 0 unspecified atom stereocenters. The molecule has 0 spiro atoms. The molecule has 0 bridgehead atoms. The maximum Gasteiger partial charge on any atom is 0.233 e. The molecular weight excluding hydrogens is 280 g/mol. The van der Waals surface area contributed by atoms with Crippen LogP contribution in [0.25, 0.3) is 0 Å². The first-order chi connectivity index (χ1) is 10.5. The molecule has 5 heteroatoms. The smallest absolute Gasteiger partial charge is 0.233 e. The fraction of sp³-hybridized carbons (Fsp3) is 0.529. The first-order valence-electron chi connectivity index (χ1n) is 7.77. The summed E-state index contributed by atoms with van der Waals surface area (Å²) in [5, 5.41) is 2.71. The number of carbonyl (C=O) groups excluding carboxylic acids is 2. The van der Waals surface area contributed by atoms with Crippen molar-refractivity contribution >= 4 is 17.5 Å². The van der Waals surface area contributed by atoms with Crippen LogP contribution in [0.4, 0.5) is 5.69 Å². The zero-order valence-electron chi connectivity index (χ0n) is 13.3. The average Bonchev–Trinajstić information content (AvgIpc) is 2.99. The summed E-state index contributed by atoms with van der Waals surface area (Å²) in [7, 11) is 3.26. The van der Waals surface area contributed by atoms with E-state index in [4.69, 9.17) is 4.74 Å². The minimum atomic E-state index is -0.307. The Labute approximate surface area is 131 Å². The second kappa shape index (κ2) is 7.82. The van der Waals surface area contributed by atoms with Gasteiger partial charge in [-0.05, 0) is 43.0 Å². The number of rotatable bonds is 6. The summed E-state index contributed by atoms with van der Waals surface area (Å²) in [6.45, 7) is 0.767. The highest BCUT2D eigenvalue weighted by atomic mass is 16.5. The van der Waals surface area contributed by atoms with E-state index in [1.807, 2.05) is 12.1 Å². The van der Waals surface area contributed by atoms with E-state index >= 15 is 0 Å². The lowest BCUT2D eigenvalue weighted by atomic mass is 10.1. The molecule has 1 aliphatic rings. The monoisotopic (exact) mass is 304 g/mol. The van der Waals surface area contributed by atoms with Crippen molar-refractivity contribution in [1.82, 2.24) is 4.90 Å². The zero-order chi connectivity index (χ0) is 15.9. The second-order valence-corrected chi connectivity index (χ2v) is 6.00. The number of ether oxygens (including phenoxy) is 1. The van der Waals surface area contributed by atoms with Gasteiger partial charge in [-0.15, -0.1) is 0 Å². The molecule has 22 heavy (non-hydrogen) atoms. The zero-order valence-corrected chi connectivity index (χ0v) is 13.3. The molecule has 2 amide bonds. The lowest BCUT2D eigenvalue weighted by molar-refractivity contribution is -0.132. The van der Waals surface area contributed by atoms with Gasteiger partial charge in [0, 0.05) is 19.8 Å². The number of nitrogens with zero attached hydrogens (tertiary/aromatic N) is 1. The van der Waals surface area contributed by atoms with Crippen LogP contribution in [0.15, 0.2) is 24.3 Å². The lowest BCUT2D eigenvalue weighted by Crippen LogP contribution is -2.27. The maximum absolute atomic E-state index is 11.7. The van der Waals surface area contributed by atoms with E-state index in [1.54, 1.807) is 26.2 Å². The van der Waals surface area contributed by atoms with E-state index in [9.17, 15) is 9.59 Å². The van der Waals surface area contributed by atoms with Gasteiger partial charge in [0.1, 0.15) is 12.2 Å². The number of hydrogen-bond donors (Lipinski definition) is 1. The summed E-state index contributed by atoms with van der Waals surface area (Å²) < 4.78 is 5.77. The van der Waals surface area contributed by atoms with Crippen molar-refractivity contribution in [2.45, 2.75) is 32.1 Å². The van der Waals surface area contributed by atoms with Gasteiger partial charge >= 0.3 is 0 Å². The van der Waals surface area contributed by atoms with Gasteiger partial charge in [0.15, 0.2) is 0 Å². The molecular formula is C17H24N2O3. The highest BCUT2D eigenvalue weighted by Crippen LogP contribution is 2.26. The Balaban J connectivity index is 1.78. The van der Waals surface area contributed by atoms with E-state index < -0.39 is 0 Å². The van der Waals surface area contributed by atoms with Crippen molar-refractivity contribution in [2.24, 2.45) is 5.92 Å². The van der Waals surface area contributed by atoms with Gasteiger partial charge in [-0.25, -0.2) is 0 Å². The van der Waals surface area contributed by atoms with Crippen molar-refractivity contribution in [1.29, 1.82) is 0 Å². The summed E-state index contributed by atoms with van der Waals surface area (Å²) in [4.78, 5) is 24.6. The predicted octanol–water partition coefficient (Wildman–Crippen LogP) is 2.67. The van der Waals surface area contributed by atoms with Crippen molar-refractivity contribution in [3.8, 4) is 5.75 Å². The summed E-state index contributed by atoms with van der Waals surface area (Å²) >= 11 is 0. The minimum absolute atomic E-state index is 0.146. The van der Waals surface area contributed by atoms with E-state index in [0.717, 1.165) is 12.4 Å². The van der Waals surface area contributed by atoms with Crippen molar-refractivity contribution in [3.05, 3.63) is 24.3 Å². The third kappa shape index (κ3) is 5.06. The highest BCUT2D eigenvalue weighted by Gasteiger charge is 2.15. The largest absolute Gasteiger partial charge is 0.493 e. The number of amides is 2. The van der Waals surface area contributed by atoms with Crippen LogP contribution < -0.4 is 10.1 Å². The number of anilines is 1. The third-order valence-corrected chi connectivity index (χ3v) is 3.91. The quantitative estimate of drug-likeness (QED) is 0.822. The molecule has 0 aliphatic heterocycles. The molecule has 5 nitrogen and oxygen atoms in total. The van der Waals surface area contributed by atoms with Crippen LogP contribution in [0, 0.1) is 5.92 Å². The van der Waals surface area contributed by atoms with E-state index in [2.05, 4.69) is 5.32 Å². The summed E-state index contributed by atoms with van der Waals surface area (Å²) in [5.74, 6) is 0.970. The first kappa shape index (κ1) is 16.3. The van der Waals surface area contributed by atoms with Gasteiger partial charge in [0.2, 0.25) is 11.8 Å². The first-order valence-corrected chi connectivity index (χ1v) is 7.77. The molecule has 0 saturated heterocycles. The van der Waals surface area contributed by atoms with Crippen molar-refractivity contribution in [2.75, 3.05) is 26.0 Å². The fourth-order valence-corrected chi connectivity index (χ4v) is 2.53. The van der Waals surface area contributed by atoms with Crippen LogP contribution in [0.5, 0.6) is 5.75 Å². The molecule has 1 aliphatic carbocycles. The van der Waals surface area contributed by atoms with Crippen molar-refractivity contribution < 1.29 is 14.3 Å². The Hall–Kier alpha value is -2.04. The molecule has 0 radical (unpaired) electrons. The van der Waals surface area contributed by atoms with Crippen LogP contribution in [-0.4, -0.2) is 37.4 Å². The van der Waals surface area contributed by atoms with Gasteiger partial charge < -0.3 is 15.0 Å². The molecule has 2 rings (SSSR count). The summed E-state index contributed by atoms with van der Waals surface area (Å²) in [5.41, 5.74) is 0.671. The number of carbonyl (C=O) groups is 2. The van der Waals surface area contributed by atoms with Gasteiger partial charge in [0.25, 0.3) is 0 Å². The highest BCUT2D eigenvalue weighted by molar-refractivity contribution is 6.03. The molecule has 0 aromatic heterocycles. The molecule has 0 heterocycles. The van der Waals surface area contributed by atoms with E-state index in [1.165, 1.54) is 30.6 Å². The second-order valence-electron chi connectivity index (χ2n) is 6.00. The van der Waals surface area contributed by atoms with Gasteiger partial charge in [-0.1, -0.05) is 12.8 Å². The topological polar surface area (TPSA) is 58.6 Å². The Morgan fingerprint density at radius 1 is 1.18 bits per heavy atom. The molecule has 120 valence electrons. The van der Waals surface area contributed by atoms with Crippen LogP contribution in [0.1, 0.15) is 32.1 Å². The van der Waals surface area contributed by atoms with Crippen molar-refractivity contribution in [3.63, 3.8) is 0 Å². The standard InChI is InChI=1S/C17H24N2O3/c1-19(2)17(21)11-16(20)18-14-7-9-15(10-8-14)22-12-13-5-3-4-6-13/h7-10,13H,3-6,11-12H2,1-2H3,(H,18,20). The van der Waals surface area contributed by atoms with Gasteiger partial charge in [0.05, 0.1) is 6.61 Å². The van der Waals surface area contributed by atoms with E-state index in [0.29, 0.717) is 11.6 Å². The number of hydrogen-bond acceptors (Lipinski definition) is 3. The Morgan fingerprint density at radius 3 is 2.41 bits per heavy atom. The van der Waals surface area contributed by atoms with Crippen LogP contribution in [0.3, 0.4) is 0 Å². The van der Waals surface area contributed by atoms with Gasteiger partial charge in [-0.3, -0.25) is 9.59 Å². The average molecular weight is 304 g/mol. The lowest BCUT2D eigenvalue weighted by Gasteiger charge is -2.12.